The minimum atomic E-state index is -1.52. The molecule has 0 saturated carbocycles. The number of benzene rings is 2. The SMILES string of the molecule is COc1ccc2c(c1)C(=O)N(CC1(c3cnn(-c4ccc(F)cc4)c3)NC(=O)NC1=O)C2. The van der Waals surface area contributed by atoms with Crippen LogP contribution in [0.4, 0.5) is 9.18 Å². The topological polar surface area (TPSA) is 106 Å². The number of hydrogen-bond donors (Lipinski definition) is 2. The number of fused-ring (bicyclic) bond motifs is 1. The third-order valence-electron chi connectivity index (χ3n) is 5.73. The molecule has 4 amide bonds. The van der Waals surface area contributed by atoms with Crippen LogP contribution in [-0.2, 0) is 16.9 Å². The standard InChI is InChI=1S/C22H18FN5O4/c1-32-17-7-2-13-10-27(19(29)18(13)8-17)12-22(20(30)25-21(31)26-22)14-9-24-28(11-14)16-5-3-15(23)4-6-16/h2-9,11H,10,12H2,1H3,(H2,25,26,30,31). The van der Waals surface area contributed by atoms with E-state index in [1.807, 2.05) is 0 Å². The lowest BCUT2D eigenvalue weighted by atomic mass is 9.92. The molecule has 3 aromatic rings. The van der Waals surface area contributed by atoms with E-state index in [9.17, 15) is 18.8 Å². The van der Waals surface area contributed by atoms with Crippen molar-refractivity contribution in [3.63, 3.8) is 0 Å². The number of carbonyl (C=O) groups is 3. The molecule has 0 bridgehead atoms. The van der Waals surface area contributed by atoms with Crippen LogP contribution in [0.15, 0.2) is 54.9 Å². The molecule has 0 radical (unpaired) electrons. The van der Waals surface area contributed by atoms with E-state index in [4.69, 9.17) is 4.74 Å². The van der Waals surface area contributed by atoms with Crippen molar-refractivity contribution in [3.05, 3.63) is 77.4 Å². The van der Waals surface area contributed by atoms with Gasteiger partial charge in [0.25, 0.3) is 11.8 Å². The third kappa shape index (κ3) is 3.08. The zero-order valence-corrected chi connectivity index (χ0v) is 17.0. The van der Waals surface area contributed by atoms with Gasteiger partial charge >= 0.3 is 6.03 Å². The van der Waals surface area contributed by atoms with Gasteiger partial charge in [0.2, 0.25) is 0 Å². The fourth-order valence-corrected chi connectivity index (χ4v) is 4.06. The lowest BCUT2D eigenvalue weighted by molar-refractivity contribution is -0.124. The molecule has 1 saturated heterocycles. The van der Waals surface area contributed by atoms with Crippen LogP contribution in [0.5, 0.6) is 5.75 Å². The molecule has 0 aliphatic carbocycles. The van der Waals surface area contributed by atoms with Crippen LogP contribution in [-0.4, -0.2) is 46.2 Å². The summed E-state index contributed by atoms with van der Waals surface area (Å²) in [5.74, 6) is -0.675. The molecule has 10 heteroatoms. The van der Waals surface area contributed by atoms with Gasteiger partial charge in [0.15, 0.2) is 5.54 Å². The highest BCUT2D eigenvalue weighted by atomic mass is 19.1. The highest BCUT2D eigenvalue weighted by Gasteiger charge is 2.51. The average molecular weight is 435 g/mol. The first-order chi connectivity index (χ1) is 15.4. The van der Waals surface area contributed by atoms with Gasteiger partial charge in [-0.3, -0.25) is 14.9 Å². The van der Waals surface area contributed by atoms with Crippen LogP contribution in [0.1, 0.15) is 21.5 Å². The minimum Gasteiger partial charge on any atom is -0.497 e. The average Bonchev–Trinajstić information content (AvgIpc) is 3.46. The van der Waals surface area contributed by atoms with Crippen molar-refractivity contribution in [1.29, 1.82) is 0 Å². The summed E-state index contributed by atoms with van der Waals surface area (Å²) >= 11 is 0. The maximum absolute atomic E-state index is 13.3. The number of hydrogen-bond acceptors (Lipinski definition) is 5. The second-order valence-corrected chi connectivity index (χ2v) is 7.65. The van der Waals surface area contributed by atoms with Gasteiger partial charge in [0.1, 0.15) is 11.6 Å². The van der Waals surface area contributed by atoms with Gasteiger partial charge in [-0.15, -0.1) is 0 Å². The van der Waals surface area contributed by atoms with Gasteiger partial charge in [-0.2, -0.15) is 5.10 Å². The fourth-order valence-electron chi connectivity index (χ4n) is 4.06. The Balaban J connectivity index is 1.49. The Bertz CT molecular complexity index is 1260. The fraction of sp³-hybridized carbons (Fsp3) is 0.182. The molecule has 162 valence electrons. The summed E-state index contributed by atoms with van der Waals surface area (Å²) in [7, 11) is 1.52. The monoisotopic (exact) mass is 435 g/mol. The van der Waals surface area contributed by atoms with Crippen molar-refractivity contribution in [2.24, 2.45) is 0 Å². The third-order valence-corrected chi connectivity index (χ3v) is 5.73. The second-order valence-electron chi connectivity index (χ2n) is 7.65. The van der Waals surface area contributed by atoms with Crippen molar-refractivity contribution < 1.29 is 23.5 Å². The number of imide groups is 1. The van der Waals surface area contributed by atoms with E-state index < -0.39 is 17.5 Å². The maximum atomic E-state index is 13.3. The Kier molecular flexibility index (Phi) is 4.43. The molecule has 9 nitrogen and oxygen atoms in total. The summed E-state index contributed by atoms with van der Waals surface area (Å²) in [4.78, 5) is 39.6. The number of nitrogens with one attached hydrogen (secondary N) is 2. The van der Waals surface area contributed by atoms with Gasteiger partial charge in [-0.25, -0.2) is 13.9 Å². The van der Waals surface area contributed by atoms with E-state index in [1.54, 1.807) is 36.5 Å². The number of carbonyl (C=O) groups excluding carboxylic acids is 3. The molecule has 5 rings (SSSR count). The first kappa shape index (κ1) is 19.7. The molecule has 2 aliphatic heterocycles. The van der Waals surface area contributed by atoms with Gasteiger partial charge in [-0.05, 0) is 42.0 Å². The Morgan fingerprint density at radius 3 is 2.62 bits per heavy atom. The van der Waals surface area contributed by atoms with E-state index >= 15 is 0 Å². The molecular weight excluding hydrogens is 417 g/mol. The smallest absolute Gasteiger partial charge is 0.322 e. The van der Waals surface area contributed by atoms with Gasteiger partial charge in [-0.1, -0.05) is 6.07 Å². The first-order valence-electron chi connectivity index (χ1n) is 9.80. The minimum absolute atomic E-state index is 0.0878. The molecule has 1 aromatic heterocycles. The summed E-state index contributed by atoms with van der Waals surface area (Å²) in [6.07, 6.45) is 3.03. The van der Waals surface area contributed by atoms with Crippen molar-refractivity contribution in [1.82, 2.24) is 25.3 Å². The van der Waals surface area contributed by atoms with Gasteiger partial charge in [0.05, 0.1) is 25.5 Å². The molecule has 1 atom stereocenters. The van der Waals surface area contributed by atoms with Gasteiger partial charge < -0.3 is 15.0 Å². The zero-order valence-electron chi connectivity index (χ0n) is 17.0. The van der Waals surface area contributed by atoms with E-state index in [0.29, 0.717) is 22.6 Å². The molecular formula is C22H18FN5O4. The van der Waals surface area contributed by atoms with E-state index in [1.165, 1.54) is 35.0 Å². The zero-order chi connectivity index (χ0) is 22.5. The molecule has 1 fully saturated rings. The molecule has 1 unspecified atom stereocenters. The van der Waals surface area contributed by atoms with Crippen molar-refractivity contribution >= 4 is 17.8 Å². The van der Waals surface area contributed by atoms with E-state index in [0.717, 1.165) is 5.56 Å². The maximum Gasteiger partial charge on any atom is 0.322 e. The number of urea groups is 1. The highest BCUT2D eigenvalue weighted by molar-refractivity contribution is 6.08. The van der Waals surface area contributed by atoms with E-state index in [-0.39, 0.29) is 24.8 Å². The number of nitrogens with zero attached hydrogens (tertiary/aromatic N) is 3. The summed E-state index contributed by atoms with van der Waals surface area (Å²) in [5, 5.41) is 9.19. The molecule has 2 aliphatic rings. The summed E-state index contributed by atoms with van der Waals surface area (Å²) < 4.78 is 19.9. The summed E-state index contributed by atoms with van der Waals surface area (Å²) in [5.41, 5.74) is 0.752. The summed E-state index contributed by atoms with van der Waals surface area (Å²) in [6.45, 7) is 0.199. The van der Waals surface area contributed by atoms with Crippen LogP contribution < -0.4 is 15.4 Å². The largest absolute Gasteiger partial charge is 0.497 e. The number of rotatable bonds is 5. The Hall–Kier alpha value is -4.21. The Labute approximate surface area is 181 Å². The normalized spacial score (nSPS) is 19.7. The van der Waals surface area contributed by atoms with Crippen LogP contribution in [0.2, 0.25) is 0 Å². The Morgan fingerprint density at radius 1 is 1.16 bits per heavy atom. The molecule has 0 spiro atoms. The van der Waals surface area contributed by atoms with Crippen LogP contribution in [0.3, 0.4) is 0 Å². The van der Waals surface area contributed by atoms with Crippen LogP contribution in [0.25, 0.3) is 5.69 Å². The number of methoxy groups -OCH3 is 1. The summed E-state index contributed by atoms with van der Waals surface area (Å²) in [6, 6.07) is 10.2. The molecule has 3 heterocycles. The predicted molar refractivity (Wildman–Crippen MR) is 110 cm³/mol. The predicted octanol–water partition coefficient (Wildman–Crippen LogP) is 1.71. The van der Waals surface area contributed by atoms with Crippen molar-refractivity contribution in [3.8, 4) is 11.4 Å². The number of ether oxygens (including phenoxy) is 1. The first-order valence-corrected chi connectivity index (χ1v) is 9.80. The van der Waals surface area contributed by atoms with E-state index in [2.05, 4.69) is 15.7 Å². The lowest BCUT2D eigenvalue weighted by Gasteiger charge is -2.30. The van der Waals surface area contributed by atoms with Crippen molar-refractivity contribution in [2.45, 2.75) is 12.1 Å². The molecule has 2 aromatic carbocycles. The van der Waals surface area contributed by atoms with Crippen LogP contribution in [0, 0.1) is 5.82 Å². The molecule has 32 heavy (non-hydrogen) atoms. The number of amides is 4. The van der Waals surface area contributed by atoms with Crippen LogP contribution >= 0.6 is 0 Å². The van der Waals surface area contributed by atoms with Crippen molar-refractivity contribution in [2.75, 3.05) is 13.7 Å². The lowest BCUT2D eigenvalue weighted by Crippen LogP contribution is -2.52. The molecule has 2 N–H and O–H groups in total. The Morgan fingerprint density at radius 2 is 1.94 bits per heavy atom. The second kappa shape index (κ2) is 7.19. The number of aromatic nitrogens is 2. The highest BCUT2D eigenvalue weighted by Crippen LogP contribution is 2.32. The number of halogens is 1. The quantitative estimate of drug-likeness (QED) is 0.594. The van der Waals surface area contributed by atoms with Gasteiger partial charge in [0, 0.05) is 23.9 Å².